The summed E-state index contributed by atoms with van der Waals surface area (Å²) in [5.41, 5.74) is 0. The molecule has 0 rings (SSSR count). The van der Waals surface area contributed by atoms with Crippen LogP contribution in [-0.2, 0) is 27.2 Å². The normalized spacial score (nSPS) is 2.00. The Bertz CT molecular complexity index is 11.6. The van der Waals surface area contributed by atoms with E-state index in [1.54, 1.807) is 0 Å². The SMILES string of the molecule is [Ag].[O]=[La].[O]=[Sn]. The van der Waals surface area contributed by atoms with E-state index in [-0.39, 0.29) is 56.2 Å². The molecule has 0 atom stereocenters. The number of hydrogen-bond acceptors (Lipinski definition) is 2. The van der Waals surface area contributed by atoms with Crippen LogP contribution in [0.5, 0.6) is 0 Å². The van der Waals surface area contributed by atoms with Gasteiger partial charge in [0.05, 0.1) is 0 Å². The van der Waals surface area contributed by atoms with Crippen molar-refractivity contribution in [2.75, 3.05) is 0 Å². The second kappa shape index (κ2) is 33.1. The van der Waals surface area contributed by atoms with Crippen molar-refractivity contribution >= 4 is 22.5 Å². The van der Waals surface area contributed by atoms with Crippen LogP contribution in [-0.4, -0.2) is 22.5 Å². The molecule has 3 radical (unpaired) electrons. The van der Waals surface area contributed by atoms with Crippen molar-refractivity contribution in [2.45, 2.75) is 0 Å². The predicted octanol–water partition coefficient (Wildman–Crippen LogP) is -0.621. The number of hydrogen-bond donors (Lipinski definition) is 0. The topological polar surface area (TPSA) is 34.1 Å². The summed E-state index contributed by atoms with van der Waals surface area (Å²) in [7, 11) is 0. The standard InChI is InChI=1S/Ag.La.2O.Sn. The van der Waals surface area contributed by atoms with Crippen LogP contribution < -0.4 is 0 Å². The monoisotopic (exact) mass is 398 g/mol. The summed E-state index contributed by atoms with van der Waals surface area (Å²) in [6, 6.07) is 0. The van der Waals surface area contributed by atoms with E-state index >= 15 is 0 Å². The van der Waals surface area contributed by atoms with E-state index in [0.717, 1.165) is 0 Å². The van der Waals surface area contributed by atoms with Crippen LogP contribution in [0.1, 0.15) is 0 Å². The Morgan fingerprint density at radius 3 is 1.20 bits per heavy atom. The van der Waals surface area contributed by atoms with E-state index in [9.17, 15) is 0 Å². The predicted molar refractivity (Wildman–Crippen MR) is 7.13 cm³/mol. The van der Waals surface area contributed by atoms with Gasteiger partial charge in [0.15, 0.2) is 0 Å². The Labute approximate surface area is 81.8 Å². The minimum atomic E-state index is -0.0833. The summed E-state index contributed by atoms with van der Waals surface area (Å²) in [5.74, 6) is 0. The molecular weight excluding hydrogens is 397 g/mol. The summed E-state index contributed by atoms with van der Waals surface area (Å²) < 4.78 is 16.8. The van der Waals surface area contributed by atoms with Gasteiger partial charge in [0.2, 0.25) is 0 Å². The van der Waals surface area contributed by atoms with Gasteiger partial charge >= 0.3 is 61.1 Å². The molecule has 0 saturated carbocycles. The van der Waals surface area contributed by atoms with Crippen molar-refractivity contribution in [3.8, 4) is 0 Å². The van der Waals surface area contributed by atoms with Crippen molar-refractivity contribution in [1.82, 2.24) is 0 Å². The van der Waals surface area contributed by atoms with Crippen molar-refractivity contribution in [3.63, 3.8) is 0 Å². The molecule has 0 unspecified atom stereocenters. The molecule has 0 aliphatic rings. The second-order valence-electron chi connectivity index (χ2n) is 0. The molecule has 0 aromatic heterocycles. The molecule has 5 heavy (non-hydrogen) atoms. The first-order chi connectivity index (χ1) is 2.00. The Morgan fingerprint density at radius 1 is 1.20 bits per heavy atom. The van der Waals surface area contributed by atoms with Gasteiger partial charge in [-0.3, -0.25) is 0 Å². The average molecular weight is 397 g/mol. The van der Waals surface area contributed by atoms with Gasteiger partial charge in [0, 0.05) is 22.4 Å². The van der Waals surface area contributed by atoms with Crippen LogP contribution in [0, 0.1) is 33.8 Å². The molecule has 0 spiro atoms. The van der Waals surface area contributed by atoms with Gasteiger partial charge in [-0.2, -0.15) is 0 Å². The van der Waals surface area contributed by atoms with Crippen molar-refractivity contribution < 1.29 is 61.0 Å². The van der Waals surface area contributed by atoms with Gasteiger partial charge in [0.25, 0.3) is 0 Å². The van der Waals surface area contributed by atoms with Gasteiger partial charge in [-0.05, 0) is 0 Å². The van der Waals surface area contributed by atoms with Gasteiger partial charge in [-0.1, -0.05) is 0 Å². The Hall–Kier alpha value is 2.33. The molecule has 0 aromatic carbocycles. The summed E-state index contributed by atoms with van der Waals surface area (Å²) >= 11 is 0.217. The molecule has 0 saturated heterocycles. The van der Waals surface area contributed by atoms with Crippen LogP contribution in [0.3, 0.4) is 0 Å². The molecule has 0 aliphatic carbocycles. The zero-order chi connectivity index (χ0) is 4.00. The van der Waals surface area contributed by atoms with Crippen LogP contribution in [0.4, 0.5) is 0 Å². The first-order valence-corrected chi connectivity index (χ1v) is 3.09. The molecule has 0 fully saturated rings. The third-order valence-corrected chi connectivity index (χ3v) is 0. The maximum atomic E-state index is 8.42. The molecule has 5 heteroatoms. The van der Waals surface area contributed by atoms with Gasteiger partial charge in [-0.25, -0.2) is 0 Å². The van der Waals surface area contributed by atoms with Crippen LogP contribution in [0.25, 0.3) is 0 Å². The zero-order valence-electron chi connectivity index (χ0n) is 2.20. The fourth-order valence-corrected chi connectivity index (χ4v) is 0. The molecule has 30 valence electrons. The molecule has 0 bridgehead atoms. The molecular formula is AgLaO2Sn. The minimum absolute atomic E-state index is 0. The summed E-state index contributed by atoms with van der Waals surface area (Å²) in [6.07, 6.45) is 0. The molecule has 0 heterocycles. The first-order valence-electron chi connectivity index (χ1n) is 0.440. The molecule has 0 amide bonds. The quantitative estimate of drug-likeness (QED) is 0.511. The maximum absolute atomic E-state index is 8.42. The fraction of sp³-hybridized carbons (Fsp3) is 0. The van der Waals surface area contributed by atoms with Crippen molar-refractivity contribution in [3.05, 3.63) is 0 Å². The van der Waals surface area contributed by atoms with E-state index in [2.05, 4.69) is 0 Å². The number of rotatable bonds is 0. The third kappa shape index (κ3) is 21.8. The molecule has 0 N–H and O–H groups in total. The summed E-state index contributed by atoms with van der Waals surface area (Å²) in [4.78, 5) is 0. The van der Waals surface area contributed by atoms with Gasteiger partial charge in [0.1, 0.15) is 0 Å². The van der Waals surface area contributed by atoms with Gasteiger partial charge < -0.3 is 0 Å². The zero-order valence-corrected chi connectivity index (χ0v) is 10.2. The Balaban J connectivity index is -0.0000000133. The summed E-state index contributed by atoms with van der Waals surface area (Å²) in [5, 5.41) is 0. The van der Waals surface area contributed by atoms with Crippen LogP contribution in [0.2, 0.25) is 0 Å². The summed E-state index contributed by atoms with van der Waals surface area (Å²) in [6.45, 7) is 0. The van der Waals surface area contributed by atoms with E-state index in [0.29, 0.717) is 22.5 Å². The Morgan fingerprint density at radius 2 is 1.20 bits per heavy atom. The average Bonchev–Trinajstić information content (AvgIpc) is 1.50. The Kier molecular flexibility index (Phi) is 104. The van der Waals surface area contributed by atoms with E-state index in [1.807, 2.05) is 0 Å². The van der Waals surface area contributed by atoms with Crippen molar-refractivity contribution in [2.24, 2.45) is 0 Å². The first kappa shape index (κ1) is 15.7. The molecule has 0 aromatic rings. The van der Waals surface area contributed by atoms with Gasteiger partial charge in [-0.15, -0.1) is 0 Å². The van der Waals surface area contributed by atoms with E-state index < -0.39 is 0 Å². The molecule has 0 aliphatic heterocycles. The molecule has 2 nitrogen and oxygen atoms in total. The fourth-order valence-electron chi connectivity index (χ4n) is 0. The van der Waals surface area contributed by atoms with Crippen LogP contribution >= 0.6 is 0 Å². The van der Waals surface area contributed by atoms with Crippen LogP contribution in [0.15, 0.2) is 0 Å². The van der Waals surface area contributed by atoms with Crippen molar-refractivity contribution in [1.29, 1.82) is 0 Å². The second-order valence-corrected chi connectivity index (χ2v) is 0. The van der Waals surface area contributed by atoms with E-state index in [4.69, 9.17) is 4.77 Å². The van der Waals surface area contributed by atoms with E-state index in [1.165, 1.54) is 0 Å². The third-order valence-electron chi connectivity index (χ3n) is 0.